The summed E-state index contributed by atoms with van der Waals surface area (Å²) in [5.74, 6) is 0.184. The first-order chi connectivity index (χ1) is 11.2. The molecular weight excluding hydrogens is 308 g/mol. The molecule has 1 aromatic heterocycles. The summed E-state index contributed by atoms with van der Waals surface area (Å²) in [6, 6.07) is 4.11. The Hall–Kier alpha value is -1.36. The molecule has 1 aromatic rings. The van der Waals surface area contributed by atoms with Crippen molar-refractivity contribution in [2.45, 2.75) is 57.4 Å². The van der Waals surface area contributed by atoms with Gasteiger partial charge < -0.3 is 10.2 Å². The normalized spacial score (nSPS) is 23.3. The van der Waals surface area contributed by atoms with Crippen molar-refractivity contribution in [1.29, 1.82) is 0 Å². The number of carbonyl (C=O) groups is 2. The molecule has 1 N–H and O–H groups in total. The Morgan fingerprint density at radius 1 is 1.09 bits per heavy atom. The van der Waals surface area contributed by atoms with E-state index in [1.807, 2.05) is 22.4 Å². The fourth-order valence-corrected chi connectivity index (χ4v) is 4.37. The quantitative estimate of drug-likeness (QED) is 0.861. The van der Waals surface area contributed by atoms with E-state index < -0.39 is 0 Å². The summed E-state index contributed by atoms with van der Waals surface area (Å²) in [6.07, 6.45) is 9.05. The fraction of sp³-hybridized carbons (Fsp3) is 0.667. The number of carbonyl (C=O) groups excluding carboxylic acids is 2. The van der Waals surface area contributed by atoms with Crippen molar-refractivity contribution in [3.8, 4) is 0 Å². The van der Waals surface area contributed by atoms with Crippen LogP contribution < -0.4 is 5.32 Å². The molecule has 23 heavy (non-hydrogen) atoms. The van der Waals surface area contributed by atoms with Crippen molar-refractivity contribution in [2.24, 2.45) is 5.92 Å². The smallest absolute Gasteiger partial charge is 0.263 e. The summed E-state index contributed by atoms with van der Waals surface area (Å²) in [5, 5.41) is 5.17. The predicted molar refractivity (Wildman–Crippen MR) is 92.6 cm³/mol. The summed E-state index contributed by atoms with van der Waals surface area (Å²) in [4.78, 5) is 27.7. The van der Waals surface area contributed by atoms with Crippen molar-refractivity contribution >= 4 is 23.2 Å². The van der Waals surface area contributed by atoms with Gasteiger partial charge in [-0.2, -0.15) is 0 Å². The minimum Gasteiger partial charge on any atom is -0.353 e. The van der Waals surface area contributed by atoms with Crippen molar-refractivity contribution in [2.75, 3.05) is 13.1 Å². The topological polar surface area (TPSA) is 49.4 Å². The van der Waals surface area contributed by atoms with Crippen LogP contribution in [-0.2, 0) is 4.79 Å². The second-order valence-corrected chi connectivity index (χ2v) is 7.71. The molecule has 0 spiro atoms. The van der Waals surface area contributed by atoms with Gasteiger partial charge in [0.2, 0.25) is 5.91 Å². The number of hydrogen-bond donors (Lipinski definition) is 1. The van der Waals surface area contributed by atoms with Gasteiger partial charge in [0.15, 0.2) is 0 Å². The van der Waals surface area contributed by atoms with E-state index in [4.69, 9.17) is 0 Å². The van der Waals surface area contributed by atoms with Crippen LogP contribution >= 0.6 is 11.3 Å². The minimum atomic E-state index is -0.0454. The molecule has 2 fully saturated rings. The Morgan fingerprint density at radius 2 is 1.87 bits per heavy atom. The van der Waals surface area contributed by atoms with E-state index in [1.165, 1.54) is 37.0 Å². The molecule has 2 aliphatic rings. The van der Waals surface area contributed by atoms with Gasteiger partial charge in [-0.05, 0) is 37.1 Å². The summed E-state index contributed by atoms with van der Waals surface area (Å²) >= 11 is 1.47. The first kappa shape index (κ1) is 16.5. The molecule has 5 heteroatoms. The van der Waals surface area contributed by atoms with Crippen LogP contribution in [0.15, 0.2) is 17.5 Å². The number of rotatable bonds is 3. The highest BCUT2D eigenvalue weighted by Gasteiger charge is 2.30. The standard InChI is InChI=1S/C18H26N2O2S/c21-17(19-15-8-3-1-2-4-9-15)14-7-5-11-20(13-14)18(22)16-10-6-12-23-16/h6,10,12,14-15H,1-5,7-9,11,13H2,(H,19,21)/t14-/m1/s1. The van der Waals surface area contributed by atoms with Gasteiger partial charge in [0.05, 0.1) is 10.8 Å². The molecule has 3 rings (SSSR count). The lowest BCUT2D eigenvalue weighted by Gasteiger charge is -2.32. The van der Waals surface area contributed by atoms with E-state index in [0.29, 0.717) is 12.6 Å². The first-order valence-electron chi connectivity index (χ1n) is 8.87. The van der Waals surface area contributed by atoms with Gasteiger partial charge in [-0.1, -0.05) is 31.7 Å². The van der Waals surface area contributed by atoms with Crippen LogP contribution in [0.4, 0.5) is 0 Å². The SMILES string of the molecule is O=C(NC1CCCCCC1)[C@@H]1CCCN(C(=O)c2cccs2)C1. The van der Waals surface area contributed by atoms with Crippen LogP contribution in [0.25, 0.3) is 0 Å². The molecule has 126 valence electrons. The molecule has 1 aliphatic heterocycles. The highest BCUT2D eigenvalue weighted by molar-refractivity contribution is 7.12. The molecule has 0 bridgehead atoms. The van der Waals surface area contributed by atoms with E-state index in [2.05, 4.69) is 5.32 Å². The van der Waals surface area contributed by atoms with Gasteiger partial charge >= 0.3 is 0 Å². The van der Waals surface area contributed by atoms with E-state index >= 15 is 0 Å². The Kier molecular flexibility index (Phi) is 5.70. The van der Waals surface area contributed by atoms with Gasteiger partial charge in [0.1, 0.15) is 0 Å². The second kappa shape index (κ2) is 7.95. The highest BCUT2D eigenvalue weighted by atomic mass is 32.1. The zero-order chi connectivity index (χ0) is 16.1. The summed E-state index contributed by atoms with van der Waals surface area (Å²) in [7, 11) is 0. The molecule has 0 unspecified atom stereocenters. The van der Waals surface area contributed by atoms with Crippen LogP contribution in [0, 0.1) is 5.92 Å². The van der Waals surface area contributed by atoms with Crippen molar-refractivity contribution < 1.29 is 9.59 Å². The summed E-state index contributed by atoms with van der Waals surface area (Å²) in [6.45, 7) is 1.33. The maximum atomic E-state index is 12.6. The molecule has 2 amide bonds. The van der Waals surface area contributed by atoms with Crippen LogP contribution in [0.1, 0.15) is 61.0 Å². The molecule has 1 atom stereocenters. The largest absolute Gasteiger partial charge is 0.353 e. The lowest BCUT2D eigenvalue weighted by Crippen LogP contribution is -2.47. The molecular formula is C18H26N2O2S. The molecule has 1 saturated heterocycles. The zero-order valence-corrected chi connectivity index (χ0v) is 14.4. The van der Waals surface area contributed by atoms with Crippen molar-refractivity contribution in [3.05, 3.63) is 22.4 Å². The van der Waals surface area contributed by atoms with Gasteiger partial charge in [-0.3, -0.25) is 9.59 Å². The highest BCUT2D eigenvalue weighted by Crippen LogP contribution is 2.22. The monoisotopic (exact) mass is 334 g/mol. The third-order valence-corrected chi connectivity index (χ3v) is 5.87. The molecule has 0 radical (unpaired) electrons. The summed E-state index contributed by atoms with van der Waals surface area (Å²) in [5.41, 5.74) is 0. The Balaban J connectivity index is 1.55. The number of hydrogen-bond acceptors (Lipinski definition) is 3. The van der Waals surface area contributed by atoms with Crippen molar-refractivity contribution in [1.82, 2.24) is 10.2 Å². The van der Waals surface area contributed by atoms with E-state index in [1.54, 1.807) is 0 Å². The summed E-state index contributed by atoms with van der Waals surface area (Å²) < 4.78 is 0. The zero-order valence-electron chi connectivity index (χ0n) is 13.6. The van der Waals surface area contributed by atoms with E-state index in [9.17, 15) is 9.59 Å². The Labute approximate surface area is 142 Å². The van der Waals surface area contributed by atoms with Crippen LogP contribution in [0.5, 0.6) is 0 Å². The lowest BCUT2D eigenvalue weighted by atomic mass is 9.96. The minimum absolute atomic E-state index is 0.0454. The second-order valence-electron chi connectivity index (χ2n) is 6.76. The first-order valence-corrected chi connectivity index (χ1v) is 9.75. The molecule has 4 nitrogen and oxygen atoms in total. The van der Waals surface area contributed by atoms with Crippen LogP contribution in [0.3, 0.4) is 0 Å². The third kappa shape index (κ3) is 4.34. The van der Waals surface area contributed by atoms with E-state index in [0.717, 1.165) is 37.1 Å². The maximum Gasteiger partial charge on any atom is 0.263 e. The van der Waals surface area contributed by atoms with Gasteiger partial charge in [0.25, 0.3) is 5.91 Å². The Bertz CT molecular complexity index is 521. The maximum absolute atomic E-state index is 12.6. The fourth-order valence-electron chi connectivity index (χ4n) is 3.67. The molecule has 0 aromatic carbocycles. The van der Waals surface area contributed by atoms with Gasteiger partial charge in [-0.25, -0.2) is 0 Å². The molecule has 2 heterocycles. The number of amides is 2. The van der Waals surface area contributed by atoms with Crippen LogP contribution in [0.2, 0.25) is 0 Å². The number of likely N-dealkylation sites (tertiary alicyclic amines) is 1. The van der Waals surface area contributed by atoms with Gasteiger partial charge in [0, 0.05) is 19.1 Å². The van der Waals surface area contributed by atoms with Crippen LogP contribution in [-0.4, -0.2) is 35.8 Å². The van der Waals surface area contributed by atoms with Crippen molar-refractivity contribution in [3.63, 3.8) is 0 Å². The van der Waals surface area contributed by atoms with Gasteiger partial charge in [-0.15, -0.1) is 11.3 Å². The Morgan fingerprint density at radius 3 is 2.57 bits per heavy atom. The molecule has 1 aliphatic carbocycles. The molecule has 1 saturated carbocycles. The number of piperidine rings is 1. The number of nitrogens with one attached hydrogen (secondary N) is 1. The average Bonchev–Trinajstić information content (AvgIpc) is 3.00. The van der Waals surface area contributed by atoms with E-state index in [-0.39, 0.29) is 17.7 Å². The average molecular weight is 334 g/mol. The lowest BCUT2D eigenvalue weighted by molar-refractivity contribution is -0.127. The number of thiophene rings is 1. The number of nitrogens with zero attached hydrogens (tertiary/aromatic N) is 1. The predicted octanol–water partition coefficient (Wildman–Crippen LogP) is 3.44. The third-order valence-electron chi connectivity index (χ3n) is 5.01.